The van der Waals surface area contributed by atoms with Crippen LogP contribution in [-0.2, 0) is 28.6 Å². The molecule has 0 heterocycles. The van der Waals surface area contributed by atoms with Crippen LogP contribution in [0.25, 0.3) is 0 Å². The Morgan fingerprint density at radius 3 is 0.506 bits per heavy atom. The normalized spacial score (nSPS) is 11.9. The third kappa shape index (κ3) is 67.1. The van der Waals surface area contributed by atoms with Crippen molar-refractivity contribution in [2.45, 2.75) is 438 Å². The predicted molar refractivity (Wildman–Crippen MR) is 344 cm³/mol. The maximum absolute atomic E-state index is 12.9. The smallest absolute Gasteiger partial charge is 0.306 e. The second-order valence-corrected chi connectivity index (χ2v) is 25.2. The largest absolute Gasteiger partial charge is 0.462 e. The van der Waals surface area contributed by atoms with Crippen LogP contribution in [-0.4, -0.2) is 37.2 Å². The summed E-state index contributed by atoms with van der Waals surface area (Å²) in [6.45, 7) is 6.73. The van der Waals surface area contributed by atoms with Crippen LogP contribution < -0.4 is 0 Å². The molecule has 0 aromatic heterocycles. The minimum absolute atomic E-state index is 0.0605. The first-order valence-corrected chi connectivity index (χ1v) is 36.5. The van der Waals surface area contributed by atoms with Gasteiger partial charge in [0.2, 0.25) is 0 Å². The first kappa shape index (κ1) is 77.4. The van der Waals surface area contributed by atoms with Gasteiger partial charge >= 0.3 is 17.9 Å². The molecule has 0 radical (unpaired) electrons. The minimum Gasteiger partial charge on any atom is -0.462 e. The Bertz CT molecular complexity index is 1190. The van der Waals surface area contributed by atoms with Gasteiger partial charge in [0.1, 0.15) is 13.2 Å². The molecule has 0 fully saturated rings. The number of carbonyl (C=O) groups excluding carboxylic acids is 3. The molecule has 0 aliphatic carbocycles. The lowest BCUT2D eigenvalue weighted by molar-refractivity contribution is -0.167. The summed E-state index contributed by atoms with van der Waals surface area (Å²) in [5.74, 6) is -0.823. The number of rotatable bonds is 69. The van der Waals surface area contributed by atoms with E-state index in [1.54, 1.807) is 0 Å². The number of hydrogen-bond acceptors (Lipinski definition) is 6. The number of hydrogen-bond donors (Lipinski definition) is 0. The van der Waals surface area contributed by atoms with Crippen LogP contribution in [0.1, 0.15) is 432 Å². The van der Waals surface area contributed by atoms with Crippen LogP contribution in [0.4, 0.5) is 0 Å². The topological polar surface area (TPSA) is 78.9 Å². The van der Waals surface area contributed by atoms with Crippen LogP contribution in [0, 0.1) is 0 Å². The molecule has 0 aromatic carbocycles. The molecule has 0 rings (SSSR count). The van der Waals surface area contributed by atoms with Gasteiger partial charge in [-0.1, -0.05) is 393 Å². The first-order valence-electron chi connectivity index (χ1n) is 36.5. The van der Waals surface area contributed by atoms with Gasteiger partial charge < -0.3 is 14.2 Å². The monoisotopic (exact) mass is 1120 g/mol. The molecular formula is C73H142O6. The lowest BCUT2D eigenvalue weighted by Gasteiger charge is -2.18. The van der Waals surface area contributed by atoms with Crippen LogP contribution >= 0.6 is 0 Å². The van der Waals surface area contributed by atoms with Crippen LogP contribution in [0.2, 0.25) is 0 Å². The quantitative estimate of drug-likeness (QED) is 0.0343. The van der Waals surface area contributed by atoms with Crippen LogP contribution in [0.3, 0.4) is 0 Å². The Labute approximate surface area is 495 Å². The molecule has 0 N–H and O–H groups in total. The van der Waals surface area contributed by atoms with Gasteiger partial charge in [0, 0.05) is 19.3 Å². The molecule has 0 aliphatic heterocycles. The SMILES string of the molecule is CCCCCCCCCCCCCCCCCCCCCCCCCCCCCCCCCCC(=O)OCC(COC(=O)CCCCCCCCCCCCC)OC(=O)CCCCCCCCCCCCCCCCCCCC. The summed E-state index contributed by atoms with van der Waals surface area (Å²) >= 11 is 0. The second kappa shape index (κ2) is 68.9. The average molecular weight is 1120 g/mol. The van der Waals surface area contributed by atoms with Crippen molar-refractivity contribution in [1.82, 2.24) is 0 Å². The van der Waals surface area contributed by atoms with Crippen molar-refractivity contribution >= 4 is 17.9 Å². The third-order valence-electron chi connectivity index (χ3n) is 17.1. The molecule has 0 saturated carbocycles. The van der Waals surface area contributed by atoms with Crippen LogP contribution in [0.5, 0.6) is 0 Å². The molecule has 6 heteroatoms. The predicted octanol–water partition coefficient (Wildman–Crippen LogP) is 25.0. The zero-order chi connectivity index (χ0) is 57.1. The van der Waals surface area contributed by atoms with E-state index in [0.717, 1.165) is 57.8 Å². The van der Waals surface area contributed by atoms with Crippen LogP contribution in [0.15, 0.2) is 0 Å². The number of ether oxygens (including phenoxy) is 3. The van der Waals surface area contributed by atoms with Gasteiger partial charge in [0.25, 0.3) is 0 Å². The van der Waals surface area contributed by atoms with Gasteiger partial charge in [-0.3, -0.25) is 14.4 Å². The van der Waals surface area contributed by atoms with Crippen molar-refractivity contribution in [3.63, 3.8) is 0 Å². The summed E-state index contributed by atoms with van der Waals surface area (Å²) in [5.41, 5.74) is 0. The maximum Gasteiger partial charge on any atom is 0.306 e. The van der Waals surface area contributed by atoms with E-state index in [2.05, 4.69) is 20.8 Å². The number of carbonyl (C=O) groups is 3. The fraction of sp³-hybridized carbons (Fsp3) is 0.959. The van der Waals surface area contributed by atoms with Gasteiger partial charge in [0.15, 0.2) is 6.10 Å². The second-order valence-electron chi connectivity index (χ2n) is 25.2. The molecule has 0 amide bonds. The van der Waals surface area contributed by atoms with Gasteiger partial charge in [-0.05, 0) is 19.3 Å². The van der Waals surface area contributed by atoms with Gasteiger partial charge in [-0.25, -0.2) is 0 Å². The number of unbranched alkanes of at least 4 members (excludes halogenated alkanes) is 58. The van der Waals surface area contributed by atoms with E-state index < -0.39 is 6.10 Å². The average Bonchev–Trinajstić information content (AvgIpc) is 3.45. The molecule has 0 aliphatic rings. The minimum atomic E-state index is -0.763. The van der Waals surface area contributed by atoms with Gasteiger partial charge in [-0.15, -0.1) is 0 Å². The first-order chi connectivity index (χ1) is 39.0. The molecule has 0 aromatic rings. The zero-order valence-corrected chi connectivity index (χ0v) is 54.2. The highest BCUT2D eigenvalue weighted by molar-refractivity contribution is 5.71. The fourth-order valence-corrected chi connectivity index (χ4v) is 11.6. The summed E-state index contributed by atoms with van der Waals surface area (Å²) in [6.07, 6.45) is 81.6. The van der Waals surface area contributed by atoms with Crippen molar-refractivity contribution < 1.29 is 28.6 Å². The summed E-state index contributed by atoms with van der Waals surface area (Å²) in [5, 5.41) is 0. The van der Waals surface area contributed by atoms with Gasteiger partial charge in [0.05, 0.1) is 0 Å². The van der Waals surface area contributed by atoms with E-state index in [-0.39, 0.29) is 31.1 Å². The molecule has 0 spiro atoms. The Morgan fingerprint density at radius 2 is 0.342 bits per heavy atom. The lowest BCUT2D eigenvalue weighted by Crippen LogP contribution is -2.30. The molecule has 470 valence electrons. The van der Waals surface area contributed by atoms with Crippen molar-refractivity contribution in [2.75, 3.05) is 13.2 Å². The fourth-order valence-electron chi connectivity index (χ4n) is 11.6. The number of esters is 3. The van der Waals surface area contributed by atoms with E-state index in [9.17, 15) is 14.4 Å². The van der Waals surface area contributed by atoms with Crippen molar-refractivity contribution in [3.8, 4) is 0 Å². The summed E-state index contributed by atoms with van der Waals surface area (Å²) in [4.78, 5) is 38.3. The highest BCUT2D eigenvalue weighted by atomic mass is 16.6. The van der Waals surface area contributed by atoms with E-state index in [1.165, 1.54) is 334 Å². The Balaban J connectivity index is 4.04. The van der Waals surface area contributed by atoms with Crippen molar-refractivity contribution in [2.24, 2.45) is 0 Å². The molecule has 6 nitrogen and oxygen atoms in total. The van der Waals surface area contributed by atoms with E-state index >= 15 is 0 Å². The molecule has 79 heavy (non-hydrogen) atoms. The van der Waals surface area contributed by atoms with Gasteiger partial charge in [-0.2, -0.15) is 0 Å². The Kier molecular flexibility index (Phi) is 67.5. The highest BCUT2D eigenvalue weighted by Gasteiger charge is 2.20. The van der Waals surface area contributed by atoms with Crippen molar-refractivity contribution in [1.29, 1.82) is 0 Å². The Hall–Kier alpha value is -1.59. The summed E-state index contributed by atoms with van der Waals surface area (Å²) in [7, 11) is 0. The molecule has 1 atom stereocenters. The highest BCUT2D eigenvalue weighted by Crippen LogP contribution is 2.20. The van der Waals surface area contributed by atoms with E-state index in [4.69, 9.17) is 14.2 Å². The van der Waals surface area contributed by atoms with Crippen molar-refractivity contribution in [3.05, 3.63) is 0 Å². The standard InChI is InChI=1S/C73H142O6/c1-4-7-10-13-16-19-22-24-26-28-30-31-32-33-34-35-36-37-38-39-40-41-42-43-45-46-48-51-54-57-60-63-66-72(75)78-69-70(68-77-71(74)65-62-59-56-53-50-21-18-15-12-9-6-3)79-73(76)67-64-61-58-55-52-49-47-44-29-27-25-23-20-17-14-11-8-5-2/h70H,4-69H2,1-3H3. The zero-order valence-electron chi connectivity index (χ0n) is 54.2. The lowest BCUT2D eigenvalue weighted by atomic mass is 10.0. The summed E-state index contributed by atoms with van der Waals surface area (Å²) in [6, 6.07) is 0. The molecular weight excluding hydrogens is 973 g/mol. The van der Waals surface area contributed by atoms with E-state index in [1.807, 2.05) is 0 Å². The summed E-state index contributed by atoms with van der Waals surface area (Å²) < 4.78 is 17.0. The molecule has 0 saturated heterocycles. The maximum atomic E-state index is 12.9. The Morgan fingerprint density at radius 1 is 0.203 bits per heavy atom. The third-order valence-corrected chi connectivity index (χ3v) is 17.1. The van der Waals surface area contributed by atoms with E-state index in [0.29, 0.717) is 19.3 Å². The molecule has 0 bridgehead atoms. The molecule has 1 unspecified atom stereocenters.